The van der Waals surface area contributed by atoms with Crippen molar-refractivity contribution in [2.24, 2.45) is 0 Å². The summed E-state index contributed by atoms with van der Waals surface area (Å²) >= 11 is 3.56. The topological polar surface area (TPSA) is 31.6 Å². The zero-order valence-electron chi connectivity index (χ0n) is 13.6. The molecule has 0 bridgehead atoms. The summed E-state index contributed by atoms with van der Waals surface area (Å²) in [7, 11) is -0.428. The van der Waals surface area contributed by atoms with Gasteiger partial charge < -0.3 is 13.7 Å². The van der Waals surface area contributed by atoms with Gasteiger partial charge in [0.2, 0.25) is 0 Å². The Labute approximate surface area is 144 Å². The van der Waals surface area contributed by atoms with Crippen LogP contribution in [0.5, 0.6) is 0 Å². The Hall–Kier alpha value is -1.30. The first-order valence-electron chi connectivity index (χ1n) is 7.75. The highest BCUT2D eigenvalue weighted by molar-refractivity contribution is 9.10. The molecule has 2 aromatic carbocycles. The van der Waals surface area contributed by atoms with Gasteiger partial charge in [-0.15, -0.1) is 0 Å². The predicted molar refractivity (Wildman–Crippen MR) is 97.1 cm³/mol. The highest BCUT2D eigenvalue weighted by atomic mass is 79.9. The van der Waals surface area contributed by atoms with Gasteiger partial charge in [0, 0.05) is 16.2 Å². The maximum Gasteiger partial charge on any atom is 0.498 e. The summed E-state index contributed by atoms with van der Waals surface area (Å²) in [6, 6.07) is 12.2. The van der Waals surface area contributed by atoms with Crippen molar-refractivity contribution in [3.8, 4) is 0 Å². The molecule has 4 rings (SSSR count). The van der Waals surface area contributed by atoms with Crippen LogP contribution in [0.25, 0.3) is 21.9 Å². The number of para-hydroxylation sites is 2. The molecule has 1 aromatic heterocycles. The first-order valence-corrected chi connectivity index (χ1v) is 8.55. The van der Waals surface area contributed by atoms with E-state index in [9.17, 15) is 0 Å². The third-order valence-corrected chi connectivity index (χ3v) is 5.64. The largest absolute Gasteiger partial charge is 0.498 e. The molecule has 5 heteroatoms. The molecule has 3 aromatic rings. The van der Waals surface area contributed by atoms with E-state index in [-0.39, 0.29) is 11.2 Å². The van der Waals surface area contributed by atoms with E-state index in [1.54, 1.807) is 0 Å². The van der Waals surface area contributed by atoms with Crippen LogP contribution >= 0.6 is 15.9 Å². The quantitative estimate of drug-likeness (QED) is 0.583. The summed E-state index contributed by atoms with van der Waals surface area (Å²) in [5, 5.41) is 2.17. The predicted octanol–water partition coefficient (Wildman–Crippen LogP) is 4.65. The average molecular weight is 373 g/mol. The lowest BCUT2D eigenvalue weighted by Gasteiger charge is -2.32. The van der Waals surface area contributed by atoms with Crippen LogP contribution in [0, 0.1) is 0 Å². The number of benzene rings is 2. The van der Waals surface area contributed by atoms with E-state index in [0.29, 0.717) is 0 Å². The zero-order valence-corrected chi connectivity index (χ0v) is 15.2. The van der Waals surface area contributed by atoms with E-state index < -0.39 is 7.12 Å². The van der Waals surface area contributed by atoms with Crippen molar-refractivity contribution >= 4 is 50.4 Å². The van der Waals surface area contributed by atoms with Gasteiger partial charge in [-0.3, -0.25) is 0 Å². The highest BCUT2D eigenvalue weighted by Gasteiger charge is 2.52. The van der Waals surface area contributed by atoms with Crippen LogP contribution in [0.4, 0.5) is 0 Å². The standard InChI is InChI=1S/C18H18BBrO3/c1-17(2)18(3,4)23-19(22-17)13-9-5-7-11-12-8-6-10-14(20)16(12)21-15(11)13/h5-10H,1-4H3. The van der Waals surface area contributed by atoms with Crippen LogP contribution in [-0.2, 0) is 9.31 Å². The van der Waals surface area contributed by atoms with Gasteiger partial charge in [-0.25, -0.2) is 0 Å². The minimum absolute atomic E-state index is 0.369. The Kier molecular flexibility index (Phi) is 3.22. The monoisotopic (exact) mass is 372 g/mol. The van der Waals surface area contributed by atoms with E-state index in [1.165, 1.54) is 0 Å². The molecule has 0 spiro atoms. The molecule has 0 amide bonds. The molecule has 1 aliphatic rings. The first-order chi connectivity index (χ1) is 10.8. The summed E-state index contributed by atoms with van der Waals surface area (Å²) in [5.41, 5.74) is 1.88. The number of halogens is 1. The van der Waals surface area contributed by atoms with Crippen molar-refractivity contribution in [1.29, 1.82) is 0 Å². The smallest absolute Gasteiger partial charge is 0.455 e. The summed E-state index contributed by atoms with van der Waals surface area (Å²) in [6.45, 7) is 8.23. The Morgan fingerprint density at radius 1 is 0.826 bits per heavy atom. The molecule has 118 valence electrons. The van der Waals surface area contributed by atoms with Gasteiger partial charge in [0.1, 0.15) is 11.2 Å². The fourth-order valence-electron chi connectivity index (χ4n) is 2.96. The Morgan fingerprint density at radius 2 is 1.39 bits per heavy atom. The second-order valence-electron chi connectivity index (χ2n) is 7.03. The molecule has 0 saturated carbocycles. The van der Waals surface area contributed by atoms with Gasteiger partial charge in [0.15, 0.2) is 0 Å². The van der Waals surface area contributed by atoms with Gasteiger partial charge in [0.25, 0.3) is 0 Å². The van der Waals surface area contributed by atoms with Gasteiger partial charge in [-0.1, -0.05) is 30.3 Å². The fourth-order valence-corrected chi connectivity index (χ4v) is 3.41. The number of furan rings is 1. The molecular weight excluding hydrogens is 355 g/mol. The number of hydrogen-bond acceptors (Lipinski definition) is 3. The van der Waals surface area contributed by atoms with Crippen LogP contribution in [0.3, 0.4) is 0 Å². The molecule has 1 aliphatic heterocycles. The lowest BCUT2D eigenvalue weighted by molar-refractivity contribution is 0.00578. The van der Waals surface area contributed by atoms with E-state index in [2.05, 4.69) is 55.8 Å². The lowest BCUT2D eigenvalue weighted by Crippen LogP contribution is -2.41. The molecule has 3 nitrogen and oxygen atoms in total. The van der Waals surface area contributed by atoms with Crippen LogP contribution < -0.4 is 5.46 Å². The van der Waals surface area contributed by atoms with Crippen molar-refractivity contribution in [3.05, 3.63) is 40.9 Å². The number of fused-ring (bicyclic) bond motifs is 3. The molecular formula is C18H18BBrO3. The van der Waals surface area contributed by atoms with E-state index in [1.807, 2.05) is 24.3 Å². The zero-order chi connectivity index (χ0) is 16.4. The summed E-state index contributed by atoms with van der Waals surface area (Å²) in [5.74, 6) is 0. The SMILES string of the molecule is CC1(C)OB(c2cccc3c2oc2c(Br)cccc23)OC1(C)C. The van der Waals surface area contributed by atoms with Gasteiger partial charge >= 0.3 is 7.12 Å². The van der Waals surface area contributed by atoms with Gasteiger partial charge in [0.05, 0.1) is 15.7 Å². The molecule has 23 heavy (non-hydrogen) atoms. The normalized spacial score (nSPS) is 19.8. The molecule has 1 saturated heterocycles. The van der Waals surface area contributed by atoms with Gasteiger partial charge in [-0.05, 0) is 49.7 Å². The molecule has 0 radical (unpaired) electrons. The maximum absolute atomic E-state index is 6.19. The lowest BCUT2D eigenvalue weighted by atomic mass is 9.78. The minimum atomic E-state index is -0.428. The van der Waals surface area contributed by atoms with Crippen molar-refractivity contribution < 1.29 is 13.7 Å². The van der Waals surface area contributed by atoms with E-state index in [4.69, 9.17) is 13.7 Å². The summed E-state index contributed by atoms with van der Waals surface area (Å²) in [6.07, 6.45) is 0. The fraction of sp³-hybridized carbons (Fsp3) is 0.333. The van der Waals surface area contributed by atoms with Crippen LogP contribution in [0.15, 0.2) is 45.3 Å². The van der Waals surface area contributed by atoms with Crippen LogP contribution in [0.2, 0.25) is 0 Å². The van der Waals surface area contributed by atoms with Crippen molar-refractivity contribution in [3.63, 3.8) is 0 Å². The molecule has 0 N–H and O–H groups in total. The number of rotatable bonds is 1. The average Bonchev–Trinajstić information content (AvgIpc) is 2.95. The first kappa shape index (κ1) is 15.2. The summed E-state index contributed by atoms with van der Waals surface area (Å²) < 4.78 is 19.5. The third kappa shape index (κ3) is 2.18. The second kappa shape index (κ2) is 4.85. The van der Waals surface area contributed by atoms with Crippen LogP contribution in [0.1, 0.15) is 27.7 Å². The minimum Gasteiger partial charge on any atom is -0.455 e. The second-order valence-corrected chi connectivity index (χ2v) is 7.89. The third-order valence-electron chi connectivity index (χ3n) is 5.01. The van der Waals surface area contributed by atoms with Crippen LogP contribution in [-0.4, -0.2) is 18.3 Å². The Balaban J connectivity index is 1.92. The molecule has 0 atom stereocenters. The van der Waals surface area contributed by atoms with Crippen molar-refractivity contribution in [1.82, 2.24) is 0 Å². The number of hydrogen-bond donors (Lipinski definition) is 0. The van der Waals surface area contributed by atoms with Crippen molar-refractivity contribution in [2.75, 3.05) is 0 Å². The van der Waals surface area contributed by atoms with E-state index >= 15 is 0 Å². The maximum atomic E-state index is 6.19. The van der Waals surface area contributed by atoms with Gasteiger partial charge in [-0.2, -0.15) is 0 Å². The Morgan fingerprint density at radius 3 is 2.04 bits per heavy atom. The summed E-state index contributed by atoms with van der Waals surface area (Å²) in [4.78, 5) is 0. The Bertz CT molecular complexity index is 897. The molecule has 1 fully saturated rings. The van der Waals surface area contributed by atoms with Crippen molar-refractivity contribution in [2.45, 2.75) is 38.9 Å². The highest BCUT2D eigenvalue weighted by Crippen LogP contribution is 2.38. The molecule has 2 heterocycles. The molecule has 0 unspecified atom stereocenters. The van der Waals surface area contributed by atoms with E-state index in [0.717, 1.165) is 31.9 Å². The molecule has 0 aliphatic carbocycles.